The molecule has 58 valence electrons. The van der Waals surface area contributed by atoms with Crippen LogP contribution in [0.5, 0.6) is 5.75 Å². The first-order valence-corrected chi connectivity index (χ1v) is 6.52. The second kappa shape index (κ2) is 4.05. The molecule has 4 heteroatoms. The van der Waals surface area contributed by atoms with Crippen LogP contribution in [0.3, 0.4) is 0 Å². The maximum Gasteiger partial charge on any atom is 0.459 e. The van der Waals surface area contributed by atoms with E-state index < -0.39 is 6.13 Å². The smallest absolute Gasteiger partial charge is 0.266 e. The molecule has 0 aliphatic carbocycles. The minimum absolute atomic E-state index is 0.798. The fourth-order valence-electron chi connectivity index (χ4n) is 0.689. The first kappa shape index (κ1) is 8.98. The van der Waals surface area contributed by atoms with E-state index >= 15 is 0 Å². The van der Waals surface area contributed by atoms with Gasteiger partial charge in [-0.05, 0) is 19.1 Å². The van der Waals surface area contributed by atoms with Crippen LogP contribution >= 0.6 is 18.4 Å². The first-order valence-electron chi connectivity index (χ1n) is 3.09. The van der Waals surface area contributed by atoms with Crippen molar-refractivity contribution in [3.63, 3.8) is 0 Å². The molecule has 0 radical (unpaired) electrons. The van der Waals surface area contributed by atoms with Gasteiger partial charge in [0.15, 0.2) is 5.75 Å². The summed E-state index contributed by atoms with van der Waals surface area (Å²) < 4.78 is 5.21. The molecule has 1 atom stereocenters. The lowest BCUT2D eigenvalue weighted by atomic mass is 10.2. The van der Waals surface area contributed by atoms with Crippen molar-refractivity contribution in [1.82, 2.24) is 0 Å². The highest BCUT2D eigenvalue weighted by Gasteiger charge is 2.04. The van der Waals surface area contributed by atoms with Crippen molar-refractivity contribution in [3.05, 3.63) is 29.8 Å². The van der Waals surface area contributed by atoms with Crippen LogP contribution in [0.25, 0.3) is 0 Å². The van der Waals surface area contributed by atoms with Crippen LogP contribution < -0.4 is 4.52 Å². The lowest BCUT2D eigenvalue weighted by Gasteiger charge is -1.92. The van der Waals surface area contributed by atoms with Crippen molar-refractivity contribution in [1.29, 1.82) is 0 Å². The molecule has 0 fully saturated rings. The largest absolute Gasteiger partial charge is 0.459 e. The molecule has 1 rings (SSSR count). The Morgan fingerprint density at radius 2 is 1.91 bits per heavy atom. The van der Waals surface area contributed by atoms with E-state index in [1.807, 2.05) is 31.2 Å². The van der Waals surface area contributed by atoms with Gasteiger partial charge >= 0.3 is 6.13 Å². The van der Waals surface area contributed by atoms with Crippen molar-refractivity contribution >= 4 is 30.2 Å². The second-order valence-electron chi connectivity index (χ2n) is 2.14. The first-order chi connectivity index (χ1) is 5.18. The van der Waals surface area contributed by atoms with Crippen LogP contribution in [0.1, 0.15) is 5.56 Å². The zero-order valence-electron chi connectivity index (χ0n) is 6.02. The molecular formula is C7H8OPS2+. The molecule has 0 bridgehead atoms. The number of hydrogen-bond donors (Lipinski definition) is 1. The summed E-state index contributed by atoms with van der Waals surface area (Å²) in [6.07, 6.45) is -1.01. The van der Waals surface area contributed by atoms with E-state index in [2.05, 4.69) is 12.2 Å². The summed E-state index contributed by atoms with van der Waals surface area (Å²) in [5.74, 6) is 0.798. The molecule has 0 N–H and O–H groups in total. The Balaban J connectivity index is 2.74. The molecule has 0 spiro atoms. The summed E-state index contributed by atoms with van der Waals surface area (Å²) in [7, 11) is 0. The van der Waals surface area contributed by atoms with E-state index in [9.17, 15) is 0 Å². The van der Waals surface area contributed by atoms with Crippen LogP contribution in [0.2, 0.25) is 0 Å². The van der Waals surface area contributed by atoms with Gasteiger partial charge in [0, 0.05) is 0 Å². The maximum atomic E-state index is 5.21. The van der Waals surface area contributed by atoms with Gasteiger partial charge in [0.2, 0.25) is 11.8 Å². The molecule has 0 aliphatic heterocycles. The number of hydrogen-bond acceptors (Lipinski definition) is 2. The van der Waals surface area contributed by atoms with Gasteiger partial charge in [-0.3, -0.25) is 4.52 Å². The molecule has 11 heavy (non-hydrogen) atoms. The Bertz CT molecular complexity index is 258. The van der Waals surface area contributed by atoms with Crippen molar-refractivity contribution in [2.45, 2.75) is 6.92 Å². The van der Waals surface area contributed by atoms with Gasteiger partial charge in [-0.2, -0.15) is 0 Å². The number of benzene rings is 1. The van der Waals surface area contributed by atoms with Gasteiger partial charge in [-0.15, -0.1) is 0 Å². The Hall–Kier alpha value is -0.110. The SMILES string of the molecule is Cc1ccc(O[P+](=S)S)cc1. The fraction of sp³-hybridized carbons (Fsp3) is 0.143. The third kappa shape index (κ3) is 3.19. The van der Waals surface area contributed by atoms with Gasteiger partial charge in [0.1, 0.15) is 12.2 Å². The minimum atomic E-state index is -1.01. The molecule has 0 aromatic heterocycles. The molecule has 1 aromatic carbocycles. The molecule has 1 unspecified atom stereocenters. The molecule has 0 heterocycles. The molecule has 0 amide bonds. The van der Waals surface area contributed by atoms with Crippen molar-refractivity contribution in [3.8, 4) is 5.75 Å². The molecule has 0 saturated heterocycles. The number of thiol groups is 1. The summed E-state index contributed by atoms with van der Waals surface area (Å²) >= 11 is 8.79. The fourth-order valence-corrected chi connectivity index (χ4v) is 1.53. The predicted octanol–water partition coefficient (Wildman–Crippen LogP) is 3.08. The monoisotopic (exact) mass is 203 g/mol. The van der Waals surface area contributed by atoms with Crippen LogP contribution in [0.15, 0.2) is 24.3 Å². The highest BCUT2D eigenvalue weighted by Crippen LogP contribution is 2.30. The Morgan fingerprint density at radius 3 is 2.36 bits per heavy atom. The highest BCUT2D eigenvalue weighted by molar-refractivity contribution is 8.54. The van der Waals surface area contributed by atoms with E-state index in [0.29, 0.717) is 0 Å². The molecule has 0 saturated carbocycles. The number of rotatable bonds is 2. The van der Waals surface area contributed by atoms with E-state index in [0.717, 1.165) is 5.75 Å². The lowest BCUT2D eigenvalue weighted by molar-refractivity contribution is 0.641. The highest BCUT2D eigenvalue weighted by atomic mass is 32.9. The Kier molecular flexibility index (Phi) is 3.31. The van der Waals surface area contributed by atoms with Gasteiger partial charge in [0.05, 0.1) is 0 Å². The zero-order chi connectivity index (χ0) is 8.27. The van der Waals surface area contributed by atoms with E-state index in [-0.39, 0.29) is 0 Å². The summed E-state index contributed by atoms with van der Waals surface area (Å²) in [6.45, 7) is 2.03. The summed E-state index contributed by atoms with van der Waals surface area (Å²) in [6, 6.07) is 7.76. The topological polar surface area (TPSA) is 9.23 Å². The second-order valence-corrected chi connectivity index (χ2v) is 5.70. The van der Waals surface area contributed by atoms with E-state index in [4.69, 9.17) is 16.3 Å². The Morgan fingerprint density at radius 1 is 1.36 bits per heavy atom. The summed E-state index contributed by atoms with van der Waals surface area (Å²) in [5, 5.41) is 0. The van der Waals surface area contributed by atoms with E-state index in [1.165, 1.54) is 5.56 Å². The van der Waals surface area contributed by atoms with Crippen LogP contribution in [-0.2, 0) is 11.8 Å². The van der Waals surface area contributed by atoms with Gasteiger partial charge in [0.25, 0.3) is 0 Å². The Labute approximate surface area is 77.4 Å². The normalized spacial score (nSPS) is 10.9. The summed E-state index contributed by atoms with van der Waals surface area (Å²) in [5.41, 5.74) is 1.21. The van der Waals surface area contributed by atoms with Gasteiger partial charge in [-0.25, -0.2) is 0 Å². The van der Waals surface area contributed by atoms with Crippen molar-refractivity contribution in [2.24, 2.45) is 0 Å². The minimum Gasteiger partial charge on any atom is -0.266 e. The van der Waals surface area contributed by atoms with Crippen molar-refractivity contribution in [2.75, 3.05) is 0 Å². The van der Waals surface area contributed by atoms with Crippen LogP contribution in [0.4, 0.5) is 0 Å². The van der Waals surface area contributed by atoms with Gasteiger partial charge in [-0.1, -0.05) is 17.7 Å². The summed E-state index contributed by atoms with van der Waals surface area (Å²) in [4.78, 5) is 0. The maximum absolute atomic E-state index is 5.21. The van der Waals surface area contributed by atoms with Crippen LogP contribution in [0, 0.1) is 6.92 Å². The van der Waals surface area contributed by atoms with Crippen LogP contribution in [-0.4, -0.2) is 0 Å². The average molecular weight is 203 g/mol. The van der Waals surface area contributed by atoms with E-state index in [1.54, 1.807) is 0 Å². The third-order valence-electron chi connectivity index (χ3n) is 1.20. The predicted molar refractivity (Wildman–Crippen MR) is 55.1 cm³/mol. The standard InChI is InChI=1S/C7H7OPS2/c1-6-2-4-7(5-3-6)8-9(10)11/h2-5H,1H3/p+1. The average Bonchev–Trinajstić information content (AvgIpc) is 1.93. The third-order valence-corrected chi connectivity index (χ3v) is 2.04. The molecular weight excluding hydrogens is 195 g/mol. The van der Waals surface area contributed by atoms with Gasteiger partial charge < -0.3 is 0 Å². The zero-order valence-corrected chi connectivity index (χ0v) is 8.63. The lowest BCUT2D eigenvalue weighted by Crippen LogP contribution is -1.76. The quantitative estimate of drug-likeness (QED) is 0.584. The molecule has 0 aliphatic rings. The van der Waals surface area contributed by atoms with Crippen molar-refractivity contribution < 1.29 is 4.52 Å². The molecule has 1 nitrogen and oxygen atoms in total. The number of aryl methyl sites for hydroxylation is 1. The molecule has 1 aromatic rings.